The molecule has 0 unspecified atom stereocenters. The summed E-state index contributed by atoms with van der Waals surface area (Å²) in [6.07, 6.45) is 10.3. The first-order chi connectivity index (χ1) is 5.48. The van der Waals surface area contributed by atoms with Crippen LogP contribution in [0.1, 0.15) is 33.6 Å². The lowest BCUT2D eigenvalue weighted by Gasteiger charge is -2.18. The van der Waals surface area contributed by atoms with Crippen LogP contribution in [0.15, 0.2) is 12.2 Å². The van der Waals surface area contributed by atoms with Gasteiger partial charge in [0.2, 0.25) is 0 Å². The van der Waals surface area contributed by atoms with Gasteiger partial charge in [0, 0.05) is 6.42 Å². The molecule has 0 rings (SSSR count). The van der Waals surface area contributed by atoms with Crippen LogP contribution in [-0.2, 0) is 4.79 Å². The van der Waals surface area contributed by atoms with Crippen molar-refractivity contribution in [2.45, 2.75) is 33.6 Å². The Labute approximate surface area is 74.9 Å². The largest absolute Gasteiger partial charge is 0.295 e. The van der Waals surface area contributed by atoms with Gasteiger partial charge in [0.05, 0.1) is 0 Å². The van der Waals surface area contributed by atoms with Crippen LogP contribution in [0.2, 0.25) is 0 Å². The zero-order valence-electron chi connectivity index (χ0n) is 8.05. The van der Waals surface area contributed by atoms with E-state index in [4.69, 9.17) is 6.42 Å². The molecule has 66 valence electrons. The maximum atomic E-state index is 10.6. The maximum absolute atomic E-state index is 10.6. The van der Waals surface area contributed by atoms with Crippen LogP contribution in [0, 0.1) is 17.8 Å². The molecule has 1 nitrogen and oxygen atoms in total. The van der Waals surface area contributed by atoms with Crippen molar-refractivity contribution in [1.82, 2.24) is 0 Å². The van der Waals surface area contributed by atoms with Gasteiger partial charge >= 0.3 is 0 Å². The summed E-state index contributed by atoms with van der Waals surface area (Å²) < 4.78 is 0. The Kier molecular flexibility index (Phi) is 4.36. The lowest BCUT2D eigenvalue weighted by molar-refractivity contribution is -0.112. The van der Waals surface area contributed by atoms with Gasteiger partial charge in [-0.25, -0.2) is 0 Å². The van der Waals surface area contributed by atoms with E-state index in [1.165, 1.54) is 0 Å². The summed E-state index contributed by atoms with van der Waals surface area (Å²) in [5, 5.41) is 0. The van der Waals surface area contributed by atoms with Crippen molar-refractivity contribution in [2.75, 3.05) is 0 Å². The molecule has 0 radical (unpaired) electrons. The summed E-state index contributed by atoms with van der Waals surface area (Å²) in [5.41, 5.74) is 0.112. The van der Waals surface area contributed by atoms with Gasteiger partial charge < -0.3 is 0 Å². The molecular formula is C11H16O. The van der Waals surface area contributed by atoms with E-state index in [9.17, 15) is 4.79 Å². The molecule has 0 fully saturated rings. The van der Waals surface area contributed by atoms with Gasteiger partial charge in [-0.1, -0.05) is 19.9 Å². The van der Waals surface area contributed by atoms with E-state index in [1.54, 1.807) is 13.0 Å². The highest BCUT2D eigenvalue weighted by Crippen LogP contribution is 2.24. The number of rotatable bonds is 4. The molecular weight excluding hydrogens is 148 g/mol. The molecule has 0 aliphatic rings. The monoisotopic (exact) mass is 164 g/mol. The molecule has 0 spiro atoms. The highest BCUT2D eigenvalue weighted by molar-refractivity contribution is 5.87. The van der Waals surface area contributed by atoms with Crippen LogP contribution in [0.25, 0.3) is 0 Å². The lowest BCUT2D eigenvalue weighted by Crippen LogP contribution is -2.08. The zero-order valence-corrected chi connectivity index (χ0v) is 8.05. The SMILES string of the molecule is C#CCC(C)(C)C/C=C/C(C)=O. The molecule has 0 N–H and O–H groups in total. The van der Waals surface area contributed by atoms with Crippen LogP contribution in [0.5, 0.6) is 0 Å². The second-order valence-corrected chi connectivity index (χ2v) is 3.76. The Balaban J connectivity index is 3.92. The molecule has 0 aromatic heterocycles. The molecule has 0 aromatic carbocycles. The standard InChI is InChI=1S/C11H16O/c1-5-8-11(3,4)9-6-7-10(2)12/h1,6-7H,8-9H2,2-4H3/b7-6+. The number of terminal acetylenes is 1. The van der Waals surface area contributed by atoms with E-state index >= 15 is 0 Å². The van der Waals surface area contributed by atoms with Crippen molar-refractivity contribution in [2.24, 2.45) is 5.41 Å². The van der Waals surface area contributed by atoms with Gasteiger partial charge in [0.15, 0.2) is 5.78 Å². The summed E-state index contributed by atoms with van der Waals surface area (Å²) in [7, 11) is 0. The van der Waals surface area contributed by atoms with Crippen molar-refractivity contribution >= 4 is 5.78 Å². The molecule has 1 heteroatoms. The number of hydrogen-bond acceptors (Lipinski definition) is 1. The van der Waals surface area contributed by atoms with Gasteiger partial charge in [-0.2, -0.15) is 0 Å². The second-order valence-electron chi connectivity index (χ2n) is 3.76. The third-order valence-electron chi connectivity index (χ3n) is 1.60. The minimum Gasteiger partial charge on any atom is -0.295 e. The van der Waals surface area contributed by atoms with Crippen LogP contribution in [0.3, 0.4) is 0 Å². The number of hydrogen-bond donors (Lipinski definition) is 0. The van der Waals surface area contributed by atoms with Crippen molar-refractivity contribution in [1.29, 1.82) is 0 Å². The number of allylic oxidation sites excluding steroid dienone is 2. The molecule has 0 heterocycles. The Morgan fingerprint density at radius 2 is 2.17 bits per heavy atom. The molecule has 0 saturated heterocycles. The first-order valence-corrected chi connectivity index (χ1v) is 4.08. The van der Waals surface area contributed by atoms with Crippen LogP contribution in [0.4, 0.5) is 0 Å². The zero-order chi connectivity index (χ0) is 9.61. The molecule has 0 atom stereocenters. The molecule has 0 aliphatic carbocycles. The fraction of sp³-hybridized carbons (Fsp3) is 0.545. The number of carbonyl (C=O) groups excluding carboxylic acids is 1. The van der Waals surface area contributed by atoms with E-state index in [1.807, 2.05) is 6.08 Å². The van der Waals surface area contributed by atoms with Gasteiger partial charge in [0.1, 0.15) is 0 Å². The smallest absolute Gasteiger partial charge is 0.152 e. The normalized spacial score (nSPS) is 11.5. The van der Waals surface area contributed by atoms with Crippen LogP contribution >= 0.6 is 0 Å². The van der Waals surface area contributed by atoms with Crippen molar-refractivity contribution < 1.29 is 4.79 Å². The molecule has 0 aromatic rings. The Morgan fingerprint density at radius 3 is 2.58 bits per heavy atom. The fourth-order valence-corrected chi connectivity index (χ4v) is 0.892. The van der Waals surface area contributed by atoms with E-state index in [2.05, 4.69) is 19.8 Å². The Hall–Kier alpha value is -1.03. The minimum absolute atomic E-state index is 0.0894. The summed E-state index contributed by atoms with van der Waals surface area (Å²) >= 11 is 0. The third kappa shape index (κ3) is 5.73. The van der Waals surface area contributed by atoms with Crippen molar-refractivity contribution in [3.8, 4) is 12.3 Å². The Morgan fingerprint density at radius 1 is 1.58 bits per heavy atom. The third-order valence-corrected chi connectivity index (χ3v) is 1.60. The molecule has 0 saturated carbocycles. The van der Waals surface area contributed by atoms with E-state index in [-0.39, 0.29) is 11.2 Å². The molecule has 0 aliphatic heterocycles. The summed E-state index contributed by atoms with van der Waals surface area (Å²) in [6.45, 7) is 5.74. The van der Waals surface area contributed by atoms with Crippen LogP contribution < -0.4 is 0 Å². The number of ketones is 1. The number of carbonyl (C=O) groups is 1. The second kappa shape index (κ2) is 4.77. The van der Waals surface area contributed by atoms with Crippen molar-refractivity contribution in [3.63, 3.8) is 0 Å². The van der Waals surface area contributed by atoms with Gasteiger partial charge in [-0.3, -0.25) is 4.79 Å². The first kappa shape index (κ1) is 11.0. The maximum Gasteiger partial charge on any atom is 0.152 e. The quantitative estimate of drug-likeness (QED) is 0.461. The highest BCUT2D eigenvalue weighted by Gasteiger charge is 2.13. The predicted octanol–water partition coefficient (Wildman–Crippen LogP) is 2.57. The molecule has 12 heavy (non-hydrogen) atoms. The Bertz CT molecular complexity index is 216. The predicted molar refractivity (Wildman–Crippen MR) is 51.7 cm³/mol. The van der Waals surface area contributed by atoms with E-state index in [0.717, 1.165) is 12.8 Å². The summed E-state index contributed by atoms with van der Waals surface area (Å²) in [4.78, 5) is 10.6. The summed E-state index contributed by atoms with van der Waals surface area (Å²) in [6, 6.07) is 0. The lowest BCUT2D eigenvalue weighted by atomic mass is 9.86. The van der Waals surface area contributed by atoms with Crippen molar-refractivity contribution in [3.05, 3.63) is 12.2 Å². The van der Waals surface area contributed by atoms with Crippen LogP contribution in [-0.4, -0.2) is 5.78 Å². The summed E-state index contributed by atoms with van der Waals surface area (Å²) in [5.74, 6) is 2.72. The highest BCUT2D eigenvalue weighted by atomic mass is 16.1. The molecule has 0 amide bonds. The fourth-order valence-electron chi connectivity index (χ4n) is 0.892. The van der Waals surface area contributed by atoms with Gasteiger partial charge in [-0.05, 0) is 24.8 Å². The first-order valence-electron chi connectivity index (χ1n) is 4.08. The molecule has 0 bridgehead atoms. The van der Waals surface area contributed by atoms with Gasteiger partial charge in [0.25, 0.3) is 0 Å². The topological polar surface area (TPSA) is 17.1 Å². The average molecular weight is 164 g/mol. The average Bonchev–Trinajstić information content (AvgIpc) is 1.85. The van der Waals surface area contributed by atoms with Gasteiger partial charge in [-0.15, -0.1) is 12.3 Å². The van der Waals surface area contributed by atoms with E-state index in [0.29, 0.717) is 0 Å². The minimum atomic E-state index is 0.0894. The van der Waals surface area contributed by atoms with E-state index < -0.39 is 0 Å².